The first-order valence-electron chi connectivity index (χ1n) is 4.69. The molecule has 0 unspecified atom stereocenters. The monoisotopic (exact) mass is 188 g/mol. The number of hydrogen-bond donors (Lipinski definition) is 1. The molecular formula is C10H11BNO2. The van der Waals surface area contributed by atoms with Gasteiger partial charge in [-0.3, -0.25) is 4.79 Å². The smallest absolute Gasteiger partial charge is 0.326 e. The van der Waals surface area contributed by atoms with Crippen molar-refractivity contribution in [2.45, 2.75) is 12.8 Å². The molecule has 0 bridgehead atoms. The molecule has 0 saturated carbocycles. The summed E-state index contributed by atoms with van der Waals surface area (Å²) in [5.74, 6) is 0.186. The predicted octanol–water partition coefficient (Wildman–Crippen LogP) is 0.0502. The van der Waals surface area contributed by atoms with E-state index in [9.17, 15) is 4.79 Å². The maximum atomic E-state index is 11.4. The molecule has 2 rings (SSSR count). The first-order chi connectivity index (χ1) is 6.81. The topological polar surface area (TPSA) is 40.5 Å². The van der Waals surface area contributed by atoms with Gasteiger partial charge in [0.05, 0.1) is 0 Å². The van der Waals surface area contributed by atoms with Crippen molar-refractivity contribution in [2.24, 2.45) is 0 Å². The number of anilines is 1. The number of benzene rings is 1. The Bertz CT molecular complexity index is 336. The lowest BCUT2D eigenvalue weighted by Crippen LogP contribution is -2.24. The van der Waals surface area contributed by atoms with E-state index in [0.717, 1.165) is 31.6 Å². The van der Waals surface area contributed by atoms with E-state index < -0.39 is 0 Å². The molecule has 1 aliphatic rings. The number of nitrogens with zero attached hydrogens (tertiary/aromatic N) is 1. The summed E-state index contributed by atoms with van der Waals surface area (Å²) >= 11 is 0. The van der Waals surface area contributed by atoms with Crippen molar-refractivity contribution < 1.29 is 9.82 Å². The summed E-state index contributed by atoms with van der Waals surface area (Å²) in [5.41, 5.74) is 1.67. The molecule has 0 spiro atoms. The molecule has 0 aliphatic carbocycles. The Hall–Kier alpha value is -1.29. The maximum Gasteiger partial charge on any atom is 0.326 e. The van der Waals surface area contributed by atoms with Gasteiger partial charge in [-0.1, -0.05) is 17.6 Å². The van der Waals surface area contributed by atoms with Gasteiger partial charge in [-0.05, 0) is 18.6 Å². The zero-order valence-electron chi connectivity index (χ0n) is 7.81. The number of amides is 1. The van der Waals surface area contributed by atoms with Gasteiger partial charge in [-0.25, -0.2) is 0 Å². The first kappa shape index (κ1) is 9.28. The van der Waals surface area contributed by atoms with Crippen LogP contribution in [0.3, 0.4) is 0 Å². The summed E-state index contributed by atoms with van der Waals surface area (Å²) < 4.78 is 0. The highest BCUT2D eigenvalue weighted by Crippen LogP contribution is 2.19. The summed E-state index contributed by atoms with van der Waals surface area (Å²) in [6.07, 6.45) is 1.58. The van der Waals surface area contributed by atoms with Crippen LogP contribution in [-0.4, -0.2) is 25.0 Å². The maximum absolute atomic E-state index is 11.4. The Morgan fingerprint density at radius 1 is 1.29 bits per heavy atom. The lowest BCUT2D eigenvalue weighted by Gasteiger charge is -2.15. The number of carbonyl (C=O) groups is 1. The summed E-state index contributed by atoms with van der Waals surface area (Å²) in [7, 11) is 1.05. The molecule has 1 amide bonds. The van der Waals surface area contributed by atoms with Gasteiger partial charge in [-0.2, -0.15) is 0 Å². The quantitative estimate of drug-likeness (QED) is 0.666. The molecule has 3 nitrogen and oxygen atoms in total. The summed E-state index contributed by atoms with van der Waals surface area (Å²) in [6, 6.07) is 7.29. The molecule has 1 fully saturated rings. The highest BCUT2D eigenvalue weighted by molar-refractivity contribution is 6.45. The van der Waals surface area contributed by atoms with Gasteiger partial charge >= 0.3 is 7.48 Å². The lowest BCUT2D eigenvalue weighted by molar-refractivity contribution is -0.117. The fourth-order valence-electron chi connectivity index (χ4n) is 1.66. The average Bonchev–Trinajstić information content (AvgIpc) is 2.65. The predicted molar refractivity (Wildman–Crippen MR) is 55.6 cm³/mol. The van der Waals surface area contributed by atoms with Crippen LogP contribution >= 0.6 is 0 Å². The second-order valence-corrected chi connectivity index (χ2v) is 3.37. The van der Waals surface area contributed by atoms with Crippen molar-refractivity contribution in [3.05, 3.63) is 24.3 Å². The fourth-order valence-corrected chi connectivity index (χ4v) is 1.66. The third kappa shape index (κ3) is 1.66. The van der Waals surface area contributed by atoms with Crippen LogP contribution in [0.2, 0.25) is 0 Å². The Labute approximate surface area is 83.6 Å². The highest BCUT2D eigenvalue weighted by atomic mass is 16.2. The molecule has 1 aliphatic heterocycles. The molecule has 1 N–H and O–H groups in total. The Balaban J connectivity index is 2.20. The van der Waals surface area contributed by atoms with Gasteiger partial charge in [0.1, 0.15) is 0 Å². The molecule has 1 radical (unpaired) electrons. The number of carbonyl (C=O) groups excluding carboxylic acids is 1. The molecule has 0 atom stereocenters. The second kappa shape index (κ2) is 3.84. The highest BCUT2D eigenvalue weighted by Gasteiger charge is 2.21. The minimum atomic E-state index is 0.186. The zero-order chi connectivity index (χ0) is 9.97. The molecule has 14 heavy (non-hydrogen) atoms. The SMILES string of the molecule is O=C1CCCN1c1ccc([B]O)cc1. The third-order valence-electron chi connectivity index (χ3n) is 2.43. The van der Waals surface area contributed by atoms with Crippen LogP contribution in [0.1, 0.15) is 12.8 Å². The second-order valence-electron chi connectivity index (χ2n) is 3.37. The van der Waals surface area contributed by atoms with Gasteiger partial charge in [0, 0.05) is 18.7 Å². The minimum absolute atomic E-state index is 0.186. The van der Waals surface area contributed by atoms with Gasteiger partial charge in [0.2, 0.25) is 5.91 Å². The van der Waals surface area contributed by atoms with E-state index in [2.05, 4.69) is 0 Å². The van der Waals surface area contributed by atoms with Gasteiger partial charge < -0.3 is 9.92 Å². The van der Waals surface area contributed by atoms with Crippen LogP contribution in [0.5, 0.6) is 0 Å². The van der Waals surface area contributed by atoms with Crippen molar-refractivity contribution in [1.82, 2.24) is 0 Å². The summed E-state index contributed by atoms with van der Waals surface area (Å²) in [4.78, 5) is 13.2. The number of rotatable bonds is 2. The molecule has 0 aromatic heterocycles. The third-order valence-corrected chi connectivity index (χ3v) is 2.43. The molecule has 71 valence electrons. The summed E-state index contributed by atoms with van der Waals surface area (Å²) in [5, 5.41) is 8.74. The van der Waals surface area contributed by atoms with Crippen LogP contribution in [-0.2, 0) is 4.79 Å². The van der Waals surface area contributed by atoms with Crippen LogP contribution in [0.25, 0.3) is 0 Å². The van der Waals surface area contributed by atoms with Crippen LogP contribution in [0, 0.1) is 0 Å². The number of hydrogen-bond acceptors (Lipinski definition) is 2. The molecule has 1 aromatic carbocycles. The van der Waals surface area contributed by atoms with Crippen molar-refractivity contribution in [1.29, 1.82) is 0 Å². The van der Waals surface area contributed by atoms with Crippen molar-refractivity contribution in [2.75, 3.05) is 11.4 Å². The van der Waals surface area contributed by atoms with E-state index in [1.54, 1.807) is 17.0 Å². The van der Waals surface area contributed by atoms with E-state index in [0.29, 0.717) is 6.42 Å². The Morgan fingerprint density at radius 3 is 2.50 bits per heavy atom. The Morgan fingerprint density at radius 2 is 2.00 bits per heavy atom. The van der Waals surface area contributed by atoms with E-state index >= 15 is 0 Å². The molecule has 1 aromatic rings. The van der Waals surface area contributed by atoms with E-state index in [-0.39, 0.29) is 5.91 Å². The van der Waals surface area contributed by atoms with Crippen molar-refractivity contribution in [3.8, 4) is 0 Å². The lowest BCUT2D eigenvalue weighted by atomic mass is 9.89. The molecular weight excluding hydrogens is 177 g/mol. The van der Waals surface area contributed by atoms with Crippen molar-refractivity contribution in [3.63, 3.8) is 0 Å². The Kier molecular flexibility index (Phi) is 2.54. The van der Waals surface area contributed by atoms with Crippen molar-refractivity contribution >= 4 is 24.5 Å². The van der Waals surface area contributed by atoms with E-state index in [1.807, 2.05) is 12.1 Å². The van der Waals surface area contributed by atoms with Crippen LogP contribution < -0.4 is 10.4 Å². The largest absolute Gasteiger partial charge is 0.450 e. The van der Waals surface area contributed by atoms with Crippen LogP contribution in [0.4, 0.5) is 5.69 Å². The normalized spacial score (nSPS) is 16.1. The van der Waals surface area contributed by atoms with Gasteiger partial charge in [0.25, 0.3) is 0 Å². The van der Waals surface area contributed by atoms with Crippen LogP contribution in [0.15, 0.2) is 24.3 Å². The standard InChI is InChI=1S/C10H11BNO2/c13-10-2-1-7-12(10)9-5-3-8(11-14)4-6-9/h3-6,14H,1-2,7H2. The molecule has 1 saturated heterocycles. The summed E-state index contributed by atoms with van der Waals surface area (Å²) in [6.45, 7) is 0.807. The van der Waals surface area contributed by atoms with Gasteiger partial charge in [-0.15, -0.1) is 0 Å². The first-order valence-corrected chi connectivity index (χ1v) is 4.69. The fraction of sp³-hybridized carbons (Fsp3) is 0.300. The van der Waals surface area contributed by atoms with E-state index in [4.69, 9.17) is 5.02 Å². The molecule has 1 heterocycles. The average molecular weight is 188 g/mol. The molecule has 4 heteroatoms. The minimum Gasteiger partial charge on any atom is -0.450 e. The van der Waals surface area contributed by atoms with Gasteiger partial charge in [0.15, 0.2) is 0 Å². The zero-order valence-corrected chi connectivity index (χ0v) is 7.81. The van der Waals surface area contributed by atoms with E-state index in [1.165, 1.54) is 0 Å².